The van der Waals surface area contributed by atoms with E-state index in [0.717, 1.165) is 26.2 Å². The van der Waals surface area contributed by atoms with Gasteiger partial charge in [0.15, 0.2) is 0 Å². The van der Waals surface area contributed by atoms with E-state index >= 15 is 0 Å². The van der Waals surface area contributed by atoms with Crippen molar-refractivity contribution in [3.8, 4) is 0 Å². The minimum atomic E-state index is 0.0852. The lowest BCUT2D eigenvalue weighted by molar-refractivity contribution is -0.126. The van der Waals surface area contributed by atoms with E-state index in [0.29, 0.717) is 6.04 Å². The summed E-state index contributed by atoms with van der Waals surface area (Å²) in [5.74, 6) is 0.0852. The molecule has 90 valence electrons. The SMILES string of the molecule is O=C1C=CC(N2CCNCC2)C2C=CC=CN12. The molecular formula is C13H17N3O. The molecule has 0 saturated carbocycles. The van der Waals surface area contributed by atoms with Crippen molar-refractivity contribution in [2.45, 2.75) is 12.1 Å². The highest BCUT2D eigenvalue weighted by Gasteiger charge is 2.34. The van der Waals surface area contributed by atoms with Crippen molar-refractivity contribution in [1.29, 1.82) is 0 Å². The molecule has 0 aromatic heterocycles. The van der Waals surface area contributed by atoms with Crippen LogP contribution >= 0.6 is 0 Å². The normalized spacial score (nSPS) is 32.9. The molecule has 3 aliphatic rings. The lowest BCUT2D eigenvalue weighted by Crippen LogP contribution is -2.57. The Labute approximate surface area is 101 Å². The summed E-state index contributed by atoms with van der Waals surface area (Å²) in [4.78, 5) is 16.1. The Kier molecular flexibility index (Phi) is 2.82. The van der Waals surface area contributed by atoms with E-state index in [1.165, 1.54) is 0 Å². The number of rotatable bonds is 1. The van der Waals surface area contributed by atoms with Crippen LogP contribution in [0.4, 0.5) is 0 Å². The van der Waals surface area contributed by atoms with Crippen LogP contribution < -0.4 is 5.32 Å². The number of carbonyl (C=O) groups is 1. The molecule has 0 spiro atoms. The molecule has 1 N–H and O–H groups in total. The van der Waals surface area contributed by atoms with E-state index < -0.39 is 0 Å². The zero-order valence-electron chi connectivity index (χ0n) is 9.75. The highest BCUT2D eigenvalue weighted by molar-refractivity contribution is 5.90. The van der Waals surface area contributed by atoms with Gasteiger partial charge >= 0.3 is 0 Å². The average molecular weight is 231 g/mol. The van der Waals surface area contributed by atoms with Gasteiger partial charge < -0.3 is 10.2 Å². The zero-order chi connectivity index (χ0) is 11.7. The molecule has 0 aromatic rings. The first-order valence-corrected chi connectivity index (χ1v) is 6.16. The fourth-order valence-electron chi connectivity index (χ4n) is 2.71. The Hall–Kier alpha value is -1.39. The molecule has 0 bridgehead atoms. The molecule has 0 aliphatic carbocycles. The van der Waals surface area contributed by atoms with Crippen molar-refractivity contribution in [1.82, 2.24) is 15.1 Å². The maximum absolute atomic E-state index is 11.8. The Morgan fingerprint density at radius 2 is 1.94 bits per heavy atom. The quantitative estimate of drug-likeness (QED) is 0.696. The Morgan fingerprint density at radius 3 is 2.76 bits per heavy atom. The molecule has 1 saturated heterocycles. The monoisotopic (exact) mass is 231 g/mol. The third-order valence-electron chi connectivity index (χ3n) is 3.60. The molecule has 2 unspecified atom stereocenters. The number of fused-ring (bicyclic) bond motifs is 1. The molecule has 1 amide bonds. The largest absolute Gasteiger partial charge is 0.314 e. The number of nitrogens with one attached hydrogen (secondary N) is 1. The second-order valence-electron chi connectivity index (χ2n) is 4.60. The molecule has 4 heteroatoms. The van der Waals surface area contributed by atoms with Crippen LogP contribution in [0.1, 0.15) is 0 Å². The van der Waals surface area contributed by atoms with Crippen LogP contribution in [0.3, 0.4) is 0 Å². The van der Waals surface area contributed by atoms with Gasteiger partial charge in [0.05, 0.1) is 12.1 Å². The van der Waals surface area contributed by atoms with Crippen LogP contribution in [0, 0.1) is 0 Å². The van der Waals surface area contributed by atoms with E-state index in [1.54, 1.807) is 6.08 Å². The number of carbonyl (C=O) groups excluding carboxylic acids is 1. The van der Waals surface area contributed by atoms with Crippen molar-refractivity contribution in [2.24, 2.45) is 0 Å². The molecular weight excluding hydrogens is 214 g/mol. The summed E-state index contributed by atoms with van der Waals surface area (Å²) >= 11 is 0. The molecule has 17 heavy (non-hydrogen) atoms. The van der Waals surface area contributed by atoms with Gasteiger partial charge in [-0.1, -0.05) is 18.2 Å². The van der Waals surface area contributed by atoms with Gasteiger partial charge in [-0.25, -0.2) is 0 Å². The second-order valence-corrected chi connectivity index (χ2v) is 4.60. The van der Waals surface area contributed by atoms with Crippen molar-refractivity contribution in [2.75, 3.05) is 26.2 Å². The van der Waals surface area contributed by atoms with Gasteiger partial charge in [-0.2, -0.15) is 0 Å². The molecule has 3 rings (SSSR count). The Morgan fingerprint density at radius 1 is 1.12 bits per heavy atom. The standard InChI is InChI=1S/C13H17N3O/c17-13-5-4-11(15-9-6-14-7-10-15)12-3-1-2-8-16(12)13/h1-5,8,11-12,14H,6-7,9-10H2. The topological polar surface area (TPSA) is 35.6 Å². The number of hydrogen-bond acceptors (Lipinski definition) is 3. The predicted molar refractivity (Wildman–Crippen MR) is 66.3 cm³/mol. The third-order valence-corrected chi connectivity index (χ3v) is 3.60. The Bertz CT molecular complexity index is 393. The van der Waals surface area contributed by atoms with Crippen molar-refractivity contribution < 1.29 is 4.79 Å². The summed E-state index contributed by atoms with van der Waals surface area (Å²) in [6.07, 6.45) is 11.7. The summed E-state index contributed by atoms with van der Waals surface area (Å²) in [5.41, 5.74) is 0. The van der Waals surface area contributed by atoms with Gasteiger partial charge in [0.1, 0.15) is 0 Å². The first kappa shape index (κ1) is 10.7. The lowest BCUT2D eigenvalue weighted by atomic mass is 9.97. The minimum Gasteiger partial charge on any atom is -0.314 e. The number of hydrogen-bond donors (Lipinski definition) is 1. The fourth-order valence-corrected chi connectivity index (χ4v) is 2.71. The van der Waals surface area contributed by atoms with Crippen molar-refractivity contribution in [3.05, 3.63) is 36.6 Å². The molecule has 0 radical (unpaired) electrons. The fraction of sp³-hybridized carbons (Fsp3) is 0.462. The molecule has 1 fully saturated rings. The number of piperazine rings is 1. The van der Waals surface area contributed by atoms with Gasteiger partial charge in [0.2, 0.25) is 0 Å². The predicted octanol–water partition coefficient (Wildman–Crippen LogP) is 0.111. The highest BCUT2D eigenvalue weighted by atomic mass is 16.2. The van der Waals surface area contributed by atoms with Gasteiger partial charge in [-0.3, -0.25) is 9.69 Å². The molecule has 4 nitrogen and oxygen atoms in total. The van der Waals surface area contributed by atoms with Crippen LogP contribution in [0.2, 0.25) is 0 Å². The first-order valence-electron chi connectivity index (χ1n) is 6.16. The van der Waals surface area contributed by atoms with Gasteiger partial charge in [0, 0.05) is 38.5 Å². The van der Waals surface area contributed by atoms with Crippen LogP contribution in [-0.4, -0.2) is 54.0 Å². The van der Waals surface area contributed by atoms with Crippen LogP contribution in [0.25, 0.3) is 0 Å². The van der Waals surface area contributed by atoms with Crippen molar-refractivity contribution >= 4 is 5.91 Å². The van der Waals surface area contributed by atoms with E-state index in [9.17, 15) is 4.79 Å². The average Bonchev–Trinajstić information content (AvgIpc) is 2.41. The van der Waals surface area contributed by atoms with E-state index in [-0.39, 0.29) is 11.9 Å². The lowest BCUT2D eigenvalue weighted by Gasteiger charge is -2.42. The van der Waals surface area contributed by atoms with E-state index in [4.69, 9.17) is 0 Å². The Balaban J connectivity index is 1.84. The number of nitrogens with zero attached hydrogens (tertiary/aromatic N) is 2. The smallest absolute Gasteiger partial charge is 0.250 e. The summed E-state index contributed by atoms with van der Waals surface area (Å²) in [6.45, 7) is 4.16. The molecule has 2 atom stereocenters. The van der Waals surface area contributed by atoms with Crippen LogP contribution in [0.5, 0.6) is 0 Å². The summed E-state index contributed by atoms with van der Waals surface area (Å²) < 4.78 is 0. The van der Waals surface area contributed by atoms with Crippen LogP contribution in [-0.2, 0) is 4.79 Å². The number of amides is 1. The van der Waals surface area contributed by atoms with Gasteiger partial charge in [-0.15, -0.1) is 0 Å². The molecule has 3 aliphatic heterocycles. The van der Waals surface area contributed by atoms with Gasteiger partial charge in [-0.05, 0) is 6.08 Å². The maximum Gasteiger partial charge on any atom is 0.250 e. The van der Waals surface area contributed by atoms with Crippen molar-refractivity contribution in [3.63, 3.8) is 0 Å². The third kappa shape index (κ3) is 1.94. The number of allylic oxidation sites excluding steroid dienone is 2. The molecule has 3 heterocycles. The maximum atomic E-state index is 11.8. The van der Waals surface area contributed by atoms with Crippen LogP contribution in [0.15, 0.2) is 36.6 Å². The summed E-state index contributed by atoms with van der Waals surface area (Å²) in [6, 6.07) is 0.478. The summed E-state index contributed by atoms with van der Waals surface area (Å²) in [7, 11) is 0. The van der Waals surface area contributed by atoms with Gasteiger partial charge in [0.25, 0.3) is 5.91 Å². The first-order chi connectivity index (χ1) is 8.36. The highest BCUT2D eigenvalue weighted by Crippen LogP contribution is 2.22. The van der Waals surface area contributed by atoms with E-state index in [2.05, 4.69) is 22.4 Å². The zero-order valence-corrected chi connectivity index (χ0v) is 9.75. The summed E-state index contributed by atoms with van der Waals surface area (Å²) in [5, 5.41) is 3.36. The minimum absolute atomic E-state index is 0.0852. The molecule has 0 aromatic carbocycles. The van der Waals surface area contributed by atoms with E-state index in [1.807, 2.05) is 23.3 Å². The second kappa shape index (κ2) is 4.47.